The van der Waals surface area contributed by atoms with Crippen LogP contribution in [0.1, 0.15) is 32.4 Å². The largest absolute Gasteiger partial charge is 0.481 e. The van der Waals surface area contributed by atoms with Crippen LogP contribution in [0.2, 0.25) is 0 Å². The molecule has 14 heteroatoms. The van der Waals surface area contributed by atoms with Crippen molar-refractivity contribution < 1.29 is 34.2 Å². The summed E-state index contributed by atoms with van der Waals surface area (Å²) in [5.74, 6) is -5.34. The summed E-state index contributed by atoms with van der Waals surface area (Å²) < 4.78 is 0. The highest BCUT2D eigenvalue weighted by molar-refractivity contribution is 7.80. The van der Waals surface area contributed by atoms with E-state index in [-0.39, 0.29) is 24.5 Å². The summed E-state index contributed by atoms with van der Waals surface area (Å²) >= 11 is 4.01. The van der Waals surface area contributed by atoms with Gasteiger partial charge < -0.3 is 36.9 Å². The topological polar surface area (TPSA) is 217 Å². The van der Waals surface area contributed by atoms with E-state index < -0.39 is 60.2 Å². The number of carboxylic acids is 2. The van der Waals surface area contributed by atoms with Crippen molar-refractivity contribution >= 4 is 42.3 Å². The first-order valence-electron chi connectivity index (χ1n) is 10.1. The second-order valence-electron chi connectivity index (χ2n) is 7.82. The number of amides is 3. The SMILES string of the molecule is CC(C)CC(NC(=O)C(N)Cc1cnc[nH]1)C(=O)NC(CS)C(=O)NC(CC(=O)O)C(=O)O. The van der Waals surface area contributed by atoms with Crippen LogP contribution in [0.15, 0.2) is 12.5 Å². The van der Waals surface area contributed by atoms with Gasteiger partial charge in [-0.1, -0.05) is 13.8 Å². The molecule has 0 radical (unpaired) electrons. The van der Waals surface area contributed by atoms with Crippen molar-refractivity contribution in [3.05, 3.63) is 18.2 Å². The lowest BCUT2D eigenvalue weighted by atomic mass is 10.0. The number of carbonyl (C=O) groups excluding carboxylic acids is 3. The first-order chi connectivity index (χ1) is 15.4. The Morgan fingerprint density at radius 3 is 2.09 bits per heavy atom. The molecule has 0 aliphatic heterocycles. The molecule has 3 amide bonds. The summed E-state index contributed by atoms with van der Waals surface area (Å²) in [6.07, 6.45) is 2.54. The first-order valence-corrected chi connectivity index (χ1v) is 10.8. The number of nitrogens with one attached hydrogen (secondary N) is 4. The van der Waals surface area contributed by atoms with E-state index >= 15 is 0 Å². The second kappa shape index (κ2) is 13.4. The fraction of sp³-hybridized carbons (Fsp3) is 0.579. The Balaban J connectivity index is 2.83. The van der Waals surface area contributed by atoms with Crippen LogP contribution >= 0.6 is 12.6 Å². The molecule has 0 bridgehead atoms. The van der Waals surface area contributed by atoms with Gasteiger partial charge in [0.25, 0.3) is 0 Å². The van der Waals surface area contributed by atoms with Crippen LogP contribution in [0.4, 0.5) is 0 Å². The predicted molar refractivity (Wildman–Crippen MR) is 119 cm³/mol. The maximum absolute atomic E-state index is 12.8. The number of aliphatic carboxylic acids is 2. The number of aromatic nitrogens is 2. The van der Waals surface area contributed by atoms with E-state index in [1.165, 1.54) is 12.5 Å². The van der Waals surface area contributed by atoms with E-state index in [0.29, 0.717) is 5.69 Å². The number of imidazole rings is 1. The third-order valence-electron chi connectivity index (χ3n) is 4.48. The van der Waals surface area contributed by atoms with Crippen LogP contribution in [0, 0.1) is 5.92 Å². The van der Waals surface area contributed by atoms with Gasteiger partial charge >= 0.3 is 11.9 Å². The minimum Gasteiger partial charge on any atom is -0.481 e. The van der Waals surface area contributed by atoms with E-state index in [9.17, 15) is 24.0 Å². The molecule has 4 unspecified atom stereocenters. The Morgan fingerprint density at radius 2 is 1.61 bits per heavy atom. The molecule has 1 aromatic heterocycles. The molecule has 0 spiro atoms. The van der Waals surface area contributed by atoms with Gasteiger partial charge in [-0.15, -0.1) is 0 Å². The number of carboxylic acid groups (broad SMARTS) is 2. The average molecular weight is 487 g/mol. The molecule has 4 atom stereocenters. The number of aromatic amines is 1. The second-order valence-corrected chi connectivity index (χ2v) is 8.18. The summed E-state index contributed by atoms with van der Waals surface area (Å²) in [5, 5.41) is 24.9. The van der Waals surface area contributed by atoms with Gasteiger partial charge in [0.1, 0.15) is 18.1 Å². The summed E-state index contributed by atoms with van der Waals surface area (Å²) in [7, 11) is 0. The van der Waals surface area contributed by atoms with Gasteiger partial charge in [0.15, 0.2) is 0 Å². The summed E-state index contributed by atoms with van der Waals surface area (Å²) in [6, 6.07) is -4.92. The Bertz CT molecular complexity index is 833. The molecule has 0 aromatic carbocycles. The zero-order valence-electron chi connectivity index (χ0n) is 18.3. The number of H-pyrrole nitrogens is 1. The van der Waals surface area contributed by atoms with Crippen LogP contribution in [-0.2, 0) is 30.4 Å². The highest BCUT2D eigenvalue weighted by Crippen LogP contribution is 2.07. The number of rotatable bonds is 14. The molecule has 0 saturated carbocycles. The zero-order chi connectivity index (χ0) is 25.1. The Hall–Kier alpha value is -3.13. The maximum atomic E-state index is 12.8. The van der Waals surface area contributed by atoms with E-state index in [4.69, 9.17) is 15.9 Å². The monoisotopic (exact) mass is 486 g/mol. The molecule has 1 rings (SSSR count). The summed E-state index contributed by atoms with van der Waals surface area (Å²) in [6.45, 7) is 3.67. The van der Waals surface area contributed by atoms with Gasteiger partial charge in [-0.3, -0.25) is 19.2 Å². The molecule has 0 saturated heterocycles. The Morgan fingerprint density at radius 1 is 1.03 bits per heavy atom. The van der Waals surface area contributed by atoms with Gasteiger partial charge in [0.05, 0.1) is 18.8 Å². The third kappa shape index (κ3) is 9.91. The molecule has 0 aliphatic carbocycles. The van der Waals surface area contributed by atoms with E-state index in [0.717, 1.165) is 0 Å². The van der Waals surface area contributed by atoms with Gasteiger partial charge in [0.2, 0.25) is 17.7 Å². The number of thiol groups is 1. The van der Waals surface area contributed by atoms with Gasteiger partial charge in [-0.2, -0.15) is 12.6 Å². The van der Waals surface area contributed by atoms with Crippen molar-refractivity contribution in [1.82, 2.24) is 25.9 Å². The van der Waals surface area contributed by atoms with E-state index in [1.807, 2.05) is 13.8 Å². The first kappa shape index (κ1) is 27.9. The lowest BCUT2D eigenvalue weighted by molar-refractivity contribution is -0.147. The number of hydrogen-bond donors (Lipinski definition) is 8. The number of nitrogens with zero attached hydrogens (tertiary/aromatic N) is 1. The highest BCUT2D eigenvalue weighted by Gasteiger charge is 2.31. The molecule has 13 nitrogen and oxygen atoms in total. The van der Waals surface area contributed by atoms with Crippen molar-refractivity contribution in [2.24, 2.45) is 11.7 Å². The van der Waals surface area contributed by atoms with Gasteiger partial charge in [0, 0.05) is 24.1 Å². The van der Waals surface area contributed by atoms with Crippen molar-refractivity contribution in [3.63, 3.8) is 0 Å². The standard InChI is InChI=1S/C19H30N6O7S/c1-9(2)3-12(23-16(28)11(20)4-10-6-21-8-22-10)17(29)25-14(7-33)18(30)24-13(19(31)32)5-15(26)27/h6,8-9,11-14,33H,3-5,7,20H2,1-2H3,(H,21,22)(H,23,28)(H,24,30)(H,25,29)(H,26,27)(H,31,32). The van der Waals surface area contributed by atoms with Crippen LogP contribution in [0.3, 0.4) is 0 Å². The minimum absolute atomic E-state index is 0.000108. The van der Waals surface area contributed by atoms with Crippen molar-refractivity contribution in [1.29, 1.82) is 0 Å². The third-order valence-corrected chi connectivity index (χ3v) is 4.85. The molecular formula is C19H30N6O7S. The fourth-order valence-electron chi connectivity index (χ4n) is 2.82. The number of hydrogen-bond acceptors (Lipinski definition) is 8. The summed E-state index contributed by atoms with van der Waals surface area (Å²) in [5.41, 5.74) is 6.56. The number of carbonyl (C=O) groups is 5. The molecule has 1 aromatic rings. The lowest BCUT2D eigenvalue weighted by Gasteiger charge is -2.25. The fourth-order valence-corrected chi connectivity index (χ4v) is 3.08. The minimum atomic E-state index is -1.68. The normalized spacial score (nSPS) is 14.6. The molecular weight excluding hydrogens is 456 g/mol. The predicted octanol–water partition coefficient (Wildman–Crippen LogP) is -1.73. The molecule has 184 valence electrons. The van der Waals surface area contributed by atoms with Crippen molar-refractivity contribution in [3.8, 4) is 0 Å². The zero-order valence-corrected chi connectivity index (χ0v) is 19.2. The van der Waals surface area contributed by atoms with Crippen LogP contribution in [0.5, 0.6) is 0 Å². The molecule has 0 fully saturated rings. The Kier molecular flexibility index (Phi) is 11.4. The summed E-state index contributed by atoms with van der Waals surface area (Å²) in [4.78, 5) is 66.4. The van der Waals surface area contributed by atoms with Crippen LogP contribution < -0.4 is 21.7 Å². The van der Waals surface area contributed by atoms with Crippen molar-refractivity contribution in [2.45, 2.75) is 57.3 Å². The van der Waals surface area contributed by atoms with E-state index in [1.54, 1.807) is 0 Å². The quantitative estimate of drug-likeness (QED) is 0.140. The van der Waals surface area contributed by atoms with Crippen molar-refractivity contribution in [2.75, 3.05) is 5.75 Å². The molecule has 0 aliphatic rings. The van der Waals surface area contributed by atoms with Gasteiger partial charge in [-0.25, -0.2) is 9.78 Å². The maximum Gasteiger partial charge on any atom is 0.326 e. The molecule has 8 N–H and O–H groups in total. The van der Waals surface area contributed by atoms with Crippen LogP contribution in [0.25, 0.3) is 0 Å². The number of nitrogens with two attached hydrogens (primary N) is 1. The smallest absolute Gasteiger partial charge is 0.326 e. The molecule has 33 heavy (non-hydrogen) atoms. The Labute approximate surface area is 195 Å². The van der Waals surface area contributed by atoms with Crippen LogP contribution in [-0.4, -0.2) is 79.8 Å². The van der Waals surface area contributed by atoms with Gasteiger partial charge in [-0.05, 0) is 12.3 Å². The molecule has 1 heterocycles. The average Bonchev–Trinajstić information content (AvgIpc) is 3.22. The highest BCUT2D eigenvalue weighted by atomic mass is 32.1. The van der Waals surface area contributed by atoms with E-state index in [2.05, 4.69) is 38.5 Å². The lowest BCUT2D eigenvalue weighted by Crippen LogP contribution is -2.58.